The molecule has 3 rings (SSSR count). The van der Waals surface area contributed by atoms with Gasteiger partial charge >= 0.3 is 0 Å². The van der Waals surface area contributed by atoms with Gasteiger partial charge in [-0.1, -0.05) is 0 Å². The minimum Gasteiger partial charge on any atom is -0.493 e. The summed E-state index contributed by atoms with van der Waals surface area (Å²) in [6.07, 6.45) is 1.21. The van der Waals surface area contributed by atoms with E-state index < -0.39 is 0 Å². The van der Waals surface area contributed by atoms with E-state index in [4.69, 9.17) is 4.74 Å². The summed E-state index contributed by atoms with van der Waals surface area (Å²) < 4.78 is 5.82. The Morgan fingerprint density at radius 1 is 1.47 bits per heavy atom. The Hall–Kier alpha value is -1.55. The van der Waals surface area contributed by atoms with Gasteiger partial charge in [-0.3, -0.25) is 0 Å². The van der Waals surface area contributed by atoms with Crippen molar-refractivity contribution >= 4 is 11.0 Å². The number of ether oxygens (including phenoxy) is 1. The molecule has 2 heterocycles. The Morgan fingerprint density at radius 3 is 3.24 bits per heavy atom. The van der Waals surface area contributed by atoms with Crippen molar-refractivity contribution in [2.24, 2.45) is 5.92 Å². The zero-order valence-corrected chi connectivity index (χ0v) is 9.99. The molecule has 0 aliphatic carbocycles. The van der Waals surface area contributed by atoms with Crippen LogP contribution in [0.2, 0.25) is 0 Å². The van der Waals surface area contributed by atoms with Crippen LogP contribution in [0.15, 0.2) is 18.2 Å². The highest BCUT2D eigenvalue weighted by Gasteiger charge is 2.14. The molecule has 2 aromatic rings. The van der Waals surface area contributed by atoms with E-state index in [0.29, 0.717) is 5.92 Å². The Labute approximate surface area is 100 Å². The smallest absolute Gasteiger partial charge is 0.121 e. The summed E-state index contributed by atoms with van der Waals surface area (Å²) in [6, 6.07) is 6.02. The third kappa shape index (κ3) is 2.26. The van der Waals surface area contributed by atoms with Crippen LogP contribution in [0, 0.1) is 12.8 Å². The van der Waals surface area contributed by atoms with Gasteiger partial charge in [0.25, 0.3) is 0 Å². The van der Waals surface area contributed by atoms with E-state index in [1.165, 1.54) is 6.42 Å². The first kappa shape index (κ1) is 10.6. The van der Waals surface area contributed by atoms with Crippen LogP contribution in [0.3, 0.4) is 0 Å². The van der Waals surface area contributed by atoms with Crippen LogP contribution in [0.4, 0.5) is 0 Å². The molecule has 1 aliphatic heterocycles. The molecule has 1 unspecified atom stereocenters. The van der Waals surface area contributed by atoms with Crippen molar-refractivity contribution in [1.82, 2.24) is 15.3 Å². The summed E-state index contributed by atoms with van der Waals surface area (Å²) in [6.45, 7) is 4.95. The van der Waals surface area contributed by atoms with Crippen molar-refractivity contribution < 1.29 is 4.74 Å². The second kappa shape index (κ2) is 4.37. The van der Waals surface area contributed by atoms with Gasteiger partial charge in [-0.25, -0.2) is 4.98 Å². The molecule has 1 aliphatic rings. The highest BCUT2D eigenvalue weighted by Crippen LogP contribution is 2.20. The lowest BCUT2D eigenvalue weighted by Gasteiger charge is -2.10. The predicted molar refractivity (Wildman–Crippen MR) is 67.3 cm³/mol. The Kier molecular flexibility index (Phi) is 2.73. The second-order valence-corrected chi connectivity index (χ2v) is 4.67. The number of fused-ring (bicyclic) bond motifs is 1. The van der Waals surface area contributed by atoms with Crippen molar-refractivity contribution in [1.29, 1.82) is 0 Å². The van der Waals surface area contributed by atoms with Crippen molar-refractivity contribution in [3.8, 4) is 5.75 Å². The molecule has 2 N–H and O–H groups in total. The Balaban J connectivity index is 1.71. The van der Waals surface area contributed by atoms with E-state index in [2.05, 4.69) is 15.3 Å². The average molecular weight is 231 g/mol. The van der Waals surface area contributed by atoms with Crippen molar-refractivity contribution in [3.05, 3.63) is 24.0 Å². The highest BCUT2D eigenvalue weighted by atomic mass is 16.5. The molecule has 4 heteroatoms. The third-order valence-electron chi connectivity index (χ3n) is 3.22. The van der Waals surface area contributed by atoms with Crippen LogP contribution < -0.4 is 10.1 Å². The van der Waals surface area contributed by atoms with Crippen molar-refractivity contribution in [2.75, 3.05) is 19.7 Å². The summed E-state index contributed by atoms with van der Waals surface area (Å²) in [4.78, 5) is 7.59. The lowest BCUT2D eigenvalue weighted by atomic mass is 10.1. The molecule has 1 saturated heterocycles. The van der Waals surface area contributed by atoms with E-state index >= 15 is 0 Å². The lowest BCUT2D eigenvalue weighted by molar-refractivity contribution is 0.260. The van der Waals surface area contributed by atoms with Crippen LogP contribution in [0.25, 0.3) is 11.0 Å². The summed E-state index contributed by atoms with van der Waals surface area (Å²) in [7, 11) is 0. The number of H-pyrrole nitrogens is 1. The minimum atomic E-state index is 0.647. The Morgan fingerprint density at radius 2 is 2.41 bits per heavy atom. The average Bonchev–Trinajstić information content (AvgIpc) is 2.92. The van der Waals surface area contributed by atoms with E-state index in [1.54, 1.807) is 0 Å². The highest BCUT2D eigenvalue weighted by molar-refractivity contribution is 5.76. The molecule has 17 heavy (non-hydrogen) atoms. The largest absolute Gasteiger partial charge is 0.493 e. The molecule has 0 amide bonds. The SMILES string of the molecule is Cc1nc2ccc(OCC3CCNC3)cc2[nH]1. The van der Waals surface area contributed by atoms with Crippen LogP contribution in [0.1, 0.15) is 12.2 Å². The van der Waals surface area contributed by atoms with E-state index in [9.17, 15) is 0 Å². The van der Waals surface area contributed by atoms with Gasteiger partial charge in [0.05, 0.1) is 17.6 Å². The molecule has 0 radical (unpaired) electrons. The van der Waals surface area contributed by atoms with Crippen LogP contribution in [0.5, 0.6) is 5.75 Å². The summed E-state index contributed by atoms with van der Waals surface area (Å²) in [5.41, 5.74) is 2.04. The van der Waals surface area contributed by atoms with Gasteiger partial charge in [-0.2, -0.15) is 0 Å². The number of benzene rings is 1. The predicted octanol–water partition coefficient (Wildman–Crippen LogP) is 1.86. The molecule has 90 valence electrons. The number of nitrogens with one attached hydrogen (secondary N) is 2. The summed E-state index contributed by atoms with van der Waals surface area (Å²) in [5, 5.41) is 3.35. The number of imidazole rings is 1. The van der Waals surface area contributed by atoms with E-state index in [1.807, 2.05) is 25.1 Å². The maximum atomic E-state index is 5.82. The minimum absolute atomic E-state index is 0.647. The number of rotatable bonds is 3. The summed E-state index contributed by atoms with van der Waals surface area (Å²) in [5.74, 6) is 2.51. The van der Waals surface area contributed by atoms with Gasteiger partial charge in [0.15, 0.2) is 0 Å². The number of hydrogen-bond donors (Lipinski definition) is 2. The first-order chi connectivity index (χ1) is 8.31. The number of hydrogen-bond acceptors (Lipinski definition) is 3. The van der Waals surface area contributed by atoms with Crippen LogP contribution in [-0.4, -0.2) is 29.7 Å². The van der Waals surface area contributed by atoms with Gasteiger partial charge in [-0.15, -0.1) is 0 Å². The summed E-state index contributed by atoms with van der Waals surface area (Å²) >= 11 is 0. The number of nitrogens with zero attached hydrogens (tertiary/aromatic N) is 1. The molecule has 0 bridgehead atoms. The van der Waals surface area contributed by atoms with Gasteiger partial charge < -0.3 is 15.0 Å². The topological polar surface area (TPSA) is 49.9 Å². The quantitative estimate of drug-likeness (QED) is 0.847. The molecule has 1 aromatic heterocycles. The molecule has 4 nitrogen and oxygen atoms in total. The fourth-order valence-corrected chi connectivity index (χ4v) is 2.28. The van der Waals surface area contributed by atoms with Crippen molar-refractivity contribution in [2.45, 2.75) is 13.3 Å². The first-order valence-electron chi connectivity index (χ1n) is 6.11. The normalized spacial score (nSPS) is 19.9. The number of aryl methyl sites for hydroxylation is 1. The van der Waals surface area contributed by atoms with Gasteiger partial charge in [0.2, 0.25) is 0 Å². The van der Waals surface area contributed by atoms with Gasteiger partial charge in [0.1, 0.15) is 11.6 Å². The van der Waals surface area contributed by atoms with E-state index in [0.717, 1.165) is 42.3 Å². The maximum Gasteiger partial charge on any atom is 0.121 e. The standard InChI is InChI=1S/C13H17N3O/c1-9-15-12-3-2-11(6-13(12)16-9)17-8-10-4-5-14-7-10/h2-3,6,10,14H,4-5,7-8H2,1H3,(H,15,16). The van der Waals surface area contributed by atoms with Gasteiger partial charge in [-0.05, 0) is 32.0 Å². The zero-order valence-electron chi connectivity index (χ0n) is 9.99. The number of aromatic nitrogens is 2. The molecule has 0 saturated carbocycles. The molecule has 1 fully saturated rings. The van der Waals surface area contributed by atoms with E-state index in [-0.39, 0.29) is 0 Å². The zero-order chi connectivity index (χ0) is 11.7. The number of aromatic amines is 1. The fourth-order valence-electron chi connectivity index (χ4n) is 2.28. The lowest BCUT2D eigenvalue weighted by Crippen LogP contribution is -2.15. The second-order valence-electron chi connectivity index (χ2n) is 4.67. The Bertz CT molecular complexity index is 514. The van der Waals surface area contributed by atoms with Crippen LogP contribution >= 0.6 is 0 Å². The molecular formula is C13H17N3O. The van der Waals surface area contributed by atoms with Crippen molar-refractivity contribution in [3.63, 3.8) is 0 Å². The fraction of sp³-hybridized carbons (Fsp3) is 0.462. The molecule has 0 spiro atoms. The third-order valence-corrected chi connectivity index (χ3v) is 3.22. The molecule has 1 aromatic carbocycles. The monoisotopic (exact) mass is 231 g/mol. The molecular weight excluding hydrogens is 214 g/mol. The first-order valence-corrected chi connectivity index (χ1v) is 6.11. The van der Waals surface area contributed by atoms with Crippen LogP contribution in [-0.2, 0) is 0 Å². The maximum absolute atomic E-state index is 5.82. The molecule has 1 atom stereocenters. The van der Waals surface area contributed by atoms with Gasteiger partial charge in [0, 0.05) is 18.5 Å².